The average Bonchev–Trinajstić information content (AvgIpc) is 3.34. The summed E-state index contributed by atoms with van der Waals surface area (Å²) in [5, 5.41) is 0. The van der Waals surface area contributed by atoms with E-state index in [1.165, 1.54) is 30.7 Å². The molecule has 1 N–H and O–H groups in total. The maximum atomic E-state index is 13.2. The molecule has 0 bridgehead atoms. The highest BCUT2D eigenvalue weighted by molar-refractivity contribution is 7.98. The van der Waals surface area contributed by atoms with Crippen molar-refractivity contribution in [3.8, 4) is 0 Å². The molecule has 2 fully saturated rings. The van der Waals surface area contributed by atoms with Crippen LogP contribution in [0.15, 0.2) is 52.3 Å². The predicted octanol–water partition coefficient (Wildman–Crippen LogP) is 4.68. The SMILES string of the molecule is CSc1ccc(S(=O)(=O)Nc2ccc(N3CCCC3)cc2)cc1C(=O)N1CCC(C)CC1. The van der Waals surface area contributed by atoms with Crippen molar-refractivity contribution in [2.75, 3.05) is 42.1 Å². The zero-order chi connectivity index (χ0) is 22.7. The molecule has 0 spiro atoms. The maximum Gasteiger partial charge on any atom is 0.261 e. The Balaban J connectivity index is 1.54. The average molecular weight is 474 g/mol. The van der Waals surface area contributed by atoms with Gasteiger partial charge < -0.3 is 9.80 Å². The Bertz CT molecular complexity index is 1060. The van der Waals surface area contributed by atoms with Crippen LogP contribution in [-0.4, -0.2) is 51.7 Å². The van der Waals surface area contributed by atoms with Crippen LogP contribution in [0.5, 0.6) is 0 Å². The zero-order valence-corrected chi connectivity index (χ0v) is 20.3. The van der Waals surface area contributed by atoms with Crippen LogP contribution in [0, 0.1) is 5.92 Å². The van der Waals surface area contributed by atoms with E-state index in [4.69, 9.17) is 0 Å². The number of sulfonamides is 1. The monoisotopic (exact) mass is 473 g/mol. The van der Waals surface area contributed by atoms with E-state index in [1.54, 1.807) is 24.3 Å². The van der Waals surface area contributed by atoms with Gasteiger partial charge in [-0.3, -0.25) is 9.52 Å². The highest BCUT2D eigenvalue weighted by atomic mass is 32.2. The number of anilines is 2. The Morgan fingerprint density at radius 2 is 1.66 bits per heavy atom. The highest BCUT2D eigenvalue weighted by Gasteiger charge is 2.25. The molecular formula is C24H31N3O3S2. The second kappa shape index (κ2) is 9.75. The van der Waals surface area contributed by atoms with Crippen LogP contribution < -0.4 is 9.62 Å². The van der Waals surface area contributed by atoms with Gasteiger partial charge in [-0.2, -0.15) is 0 Å². The number of hydrogen-bond acceptors (Lipinski definition) is 5. The molecule has 2 aromatic carbocycles. The third-order valence-electron chi connectivity index (χ3n) is 6.37. The largest absolute Gasteiger partial charge is 0.372 e. The lowest BCUT2D eigenvalue weighted by Crippen LogP contribution is -2.38. The molecule has 1 amide bonds. The van der Waals surface area contributed by atoms with Crippen LogP contribution in [0.1, 0.15) is 43.0 Å². The zero-order valence-electron chi connectivity index (χ0n) is 18.7. The number of rotatable bonds is 6. The van der Waals surface area contributed by atoms with Crippen molar-refractivity contribution in [1.82, 2.24) is 4.90 Å². The number of carbonyl (C=O) groups excluding carboxylic acids is 1. The smallest absolute Gasteiger partial charge is 0.261 e. The fourth-order valence-electron chi connectivity index (χ4n) is 4.33. The van der Waals surface area contributed by atoms with E-state index >= 15 is 0 Å². The summed E-state index contributed by atoms with van der Waals surface area (Å²) in [6, 6.07) is 12.3. The highest BCUT2D eigenvalue weighted by Crippen LogP contribution is 2.28. The first kappa shape index (κ1) is 23.0. The van der Waals surface area contributed by atoms with E-state index in [0.29, 0.717) is 30.3 Å². The summed E-state index contributed by atoms with van der Waals surface area (Å²) in [6.45, 7) is 5.71. The second-order valence-electron chi connectivity index (χ2n) is 8.68. The molecule has 2 aliphatic heterocycles. The number of piperidine rings is 1. The molecule has 4 rings (SSSR count). The Morgan fingerprint density at radius 3 is 2.28 bits per heavy atom. The lowest BCUT2D eigenvalue weighted by molar-refractivity contribution is 0.0693. The van der Waals surface area contributed by atoms with Gasteiger partial charge in [-0.05, 0) is 80.3 Å². The third kappa shape index (κ3) is 5.07. The van der Waals surface area contributed by atoms with E-state index < -0.39 is 10.0 Å². The molecule has 0 aromatic heterocycles. The molecule has 2 saturated heterocycles. The van der Waals surface area contributed by atoms with Crippen LogP contribution in [0.25, 0.3) is 0 Å². The van der Waals surface area contributed by atoms with Crippen LogP contribution in [0.4, 0.5) is 11.4 Å². The standard InChI is InChI=1S/C24H31N3O3S2/c1-18-11-15-27(16-12-18)24(28)22-17-21(9-10-23(22)31-2)32(29,30)25-19-5-7-20(8-6-19)26-13-3-4-14-26/h5-10,17-18,25H,3-4,11-16H2,1-2H3. The fourth-order valence-corrected chi connectivity index (χ4v) is 5.99. The number of thioether (sulfide) groups is 1. The summed E-state index contributed by atoms with van der Waals surface area (Å²) in [6.07, 6.45) is 6.25. The molecule has 0 saturated carbocycles. The first-order valence-corrected chi connectivity index (χ1v) is 13.9. The van der Waals surface area contributed by atoms with Gasteiger partial charge in [0.25, 0.3) is 15.9 Å². The van der Waals surface area contributed by atoms with Gasteiger partial charge in [0.1, 0.15) is 0 Å². The number of carbonyl (C=O) groups is 1. The molecule has 0 radical (unpaired) electrons. The number of nitrogens with one attached hydrogen (secondary N) is 1. The van der Waals surface area contributed by atoms with Crippen LogP contribution in [0.3, 0.4) is 0 Å². The molecule has 172 valence electrons. The molecule has 0 aliphatic carbocycles. The molecule has 0 atom stereocenters. The van der Waals surface area contributed by atoms with Gasteiger partial charge in [-0.25, -0.2) is 8.42 Å². The van der Waals surface area contributed by atoms with E-state index in [0.717, 1.165) is 36.5 Å². The van der Waals surface area contributed by atoms with Gasteiger partial charge in [-0.1, -0.05) is 6.92 Å². The summed E-state index contributed by atoms with van der Waals surface area (Å²) < 4.78 is 28.8. The summed E-state index contributed by atoms with van der Waals surface area (Å²) in [4.78, 5) is 18.2. The predicted molar refractivity (Wildman–Crippen MR) is 131 cm³/mol. The minimum atomic E-state index is -3.81. The first-order valence-electron chi connectivity index (χ1n) is 11.2. The molecule has 2 aliphatic rings. The number of hydrogen-bond donors (Lipinski definition) is 1. The number of likely N-dealkylation sites (tertiary alicyclic amines) is 1. The Morgan fingerprint density at radius 1 is 1.00 bits per heavy atom. The minimum Gasteiger partial charge on any atom is -0.372 e. The normalized spacial score (nSPS) is 17.6. The van der Waals surface area contributed by atoms with Gasteiger partial charge in [-0.15, -0.1) is 11.8 Å². The molecule has 32 heavy (non-hydrogen) atoms. The van der Waals surface area contributed by atoms with Crippen molar-refractivity contribution in [2.45, 2.75) is 42.4 Å². The molecular weight excluding hydrogens is 442 g/mol. The van der Waals surface area contributed by atoms with Gasteiger partial charge in [0.2, 0.25) is 0 Å². The van der Waals surface area contributed by atoms with Crippen molar-refractivity contribution in [1.29, 1.82) is 0 Å². The van der Waals surface area contributed by atoms with Crippen molar-refractivity contribution < 1.29 is 13.2 Å². The first-order chi connectivity index (χ1) is 15.4. The van der Waals surface area contributed by atoms with E-state index in [-0.39, 0.29) is 10.8 Å². The van der Waals surface area contributed by atoms with E-state index in [2.05, 4.69) is 16.5 Å². The minimum absolute atomic E-state index is 0.0896. The Kier molecular flexibility index (Phi) is 7.00. The molecule has 2 aromatic rings. The van der Waals surface area contributed by atoms with Crippen LogP contribution >= 0.6 is 11.8 Å². The summed E-state index contributed by atoms with van der Waals surface area (Å²) >= 11 is 1.46. The maximum absolute atomic E-state index is 13.2. The van der Waals surface area contributed by atoms with Crippen LogP contribution in [0.2, 0.25) is 0 Å². The van der Waals surface area contributed by atoms with E-state index in [1.807, 2.05) is 23.3 Å². The lowest BCUT2D eigenvalue weighted by atomic mass is 9.98. The fraction of sp³-hybridized carbons (Fsp3) is 0.458. The van der Waals surface area contributed by atoms with E-state index in [9.17, 15) is 13.2 Å². The number of benzene rings is 2. The van der Waals surface area contributed by atoms with Gasteiger partial charge in [0.05, 0.1) is 10.5 Å². The van der Waals surface area contributed by atoms with Crippen molar-refractivity contribution in [2.24, 2.45) is 5.92 Å². The lowest BCUT2D eigenvalue weighted by Gasteiger charge is -2.30. The van der Waals surface area contributed by atoms with Gasteiger partial charge >= 0.3 is 0 Å². The molecule has 6 nitrogen and oxygen atoms in total. The molecule has 2 heterocycles. The number of nitrogens with zero attached hydrogens (tertiary/aromatic N) is 2. The quantitative estimate of drug-likeness (QED) is 0.617. The summed E-state index contributed by atoms with van der Waals surface area (Å²) in [5.74, 6) is 0.528. The number of amides is 1. The Hall–Kier alpha value is -2.19. The second-order valence-corrected chi connectivity index (χ2v) is 11.2. The van der Waals surface area contributed by atoms with Crippen LogP contribution in [-0.2, 0) is 10.0 Å². The third-order valence-corrected chi connectivity index (χ3v) is 8.55. The van der Waals surface area contributed by atoms with Gasteiger partial charge in [0, 0.05) is 42.4 Å². The molecule has 0 unspecified atom stereocenters. The van der Waals surface area contributed by atoms with Crippen molar-refractivity contribution >= 4 is 39.1 Å². The topological polar surface area (TPSA) is 69.7 Å². The van der Waals surface area contributed by atoms with Crippen molar-refractivity contribution in [3.63, 3.8) is 0 Å². The summed E-state index contributed by atoms with van der Waals surface area (Å²) in [7, 11) is -3.81. The van der Waals surface area contributed by atoms with Gasteiger partial charge in [0.15, 0.2) is 0 Å². The summed E-state index contributed by atoms with van der Waals surface area (Å²) in [5.41, 5.74) is 2.08. The molecule has 8 heteroatoms. The Labute approximate surface area is 195 Å². The van der Waals surface area contributed by atoms with Crippen molar-refractivity contribution in [3.05, 3.63) is 48.0 Å².